The minimum Gasteiger partial charge on any atom is -0.493 e. The third kappa shape index (κ3) is 3.07. The van der Waals surface area contributed by atoms with E-state index in [0.717, 1.165) is 30.3 Å². The monoisotopic (exact) mass is 301 g/mol. The lowest BCUT2D eigenvalue weighted by Crippen LogP contribution is -2.37. The number of likely N-dealkylation sites (N-methyl/N-ethyl adjacent to an activating group) is 1. The lowest BCUT2D eigenvalue weighted by molar-refractivity contribution is 0.298. The molecule has 0 spiro atoms. The third-order valence-electron chi connectivity index (χ3n) is 4.09. The van der Waals surface area contributed by atoms with Gasteiger partial charge in [0.25, 0.3) is 0 Å². The molecule has 0 aliphatic carbocycles. The molecule has 1 aliphatic heterocycles. The van der Waals surface area contributed by atoms with Gasteiger partial charge in [0.05, 0.1) is 6.61 Å². The van der Waals surface area contributed by atoms with Crippen LogP contribution in [0.15, 0.2) is 48.5 Å². The molecule has 0 saturated carbocycles. The van der Waals surface area contributed by atoms with Crippen molar-refractivity contribution in [1.29, 1.82) is 0 Å². The van der Waals surface area contributed by atoms with Gasteiger partial charge in [-0.2, -0.15) is 0 Å². The van der Waals surface area contributed by atoms with E-state index in [1.807, 2.05) is 30.3 Å². The summed E-state index contributed by atoms with van der Waals surface area (Å²) in [6, 6.07) is 16.7. The number of para-hydroxylation sites is 1. The minimum absolute atomic E-state index is 0.332. The lowest BCUT2D eigenvalue weighted by atomic mass is 9.89. The summed E-state index contributed by atoms with van der Waals surface area (Å²) in [6.07, 6.45) is 0.913. The Labute approximate surface area is 131 Å². The second-order valence-electron chi connectivity index (χ2n) is 5.42. The van der Waals surface area contributed by atoms with Crippen molar-refractivity contribution in [2.24, 2.45) is 0 Å². The van der Waals surface area contributed by atoms with Crippen LogP contribution in [0.2, 0.25) is 5.02 Å². The van der Waals surface area contributed by atoms with Gasteiger partial charge in [0.15, 0.2) is 0 Å². The zero-order valence-corrected chi connectivity index (χ0v) is 12.9. The molecule has 1 heterocycles. The highest BCUT2D eigenvalue weighted by molar-refractivity contribution is 6.31. The van der Waals surface area contributed by atoms with Crippen LogP contribution in [0, 0.1) is 0 Å². The topological polar surface area (TPSA) is 21.3 Å². The van der Waals surface area contributed by atoms with E-state index in [2.05, 4.69) is 30.4 Å². The Hall–Kier alpha value is -1.51. The SMILES string of the molecule is CCNC(Cc1ccccc1Cl)C1COc2ccccc21. The van der Waals surface area contributed by atoms with E-state index in [1.54, 1.807) is 0 Å². The van der Waals surface area contributed by atoms with Crippen LogP contribution in [0.1, 0.15) is 24.0 Å². The number of halogens is 1. The maximum Gasteiger partial charge on any atom is 0.122 e. The molecule has 3 rings (SSSR count). The van der Waals surface area contributed by atoms with Gasteiger partial charge in [-0.1, -0.05) is 54.9 Å². The number of hydrogen-bond acceptors (Lipinski definition) is 2. The Balaban J connectivity index is 1.84. The quantitative estimate of drug-likeness (QED) is 0.900. The van der Waals surface area contributed by atoms with E-state index in [1.165, 1.54) is 11.1 Å². The summed E-state index contributed by atoms with van der Waals surface area (Å²) in [6.45, 7) is 3.82. The van der Waals surface area contributed by atoms with Crippen LogP contribution in [-0.2, 0) is 6.42 Å². The van der Waals surface area contributed by atoms with Crippen LogP contribution < -0.4 is 10.1 Å². The molecular formula is C18H20ClNO. The first-order chi connectivity index (χ1) is 10.3. The van der Waals surface area contributed by atoms with Gasteiger partial charge in [-0.25, -0.2) is 0 Å². The van der Waals surface area contributed by atoms with E-state index in [9.17, 15) is 0 Å². The Kier molecular flexibility index (Phi) is 4.47. The molecule has 0 bridgehead atoms. The molecule has 2 aromatic rings. The highest BCUT2D eigenvalue weighted by atomic mass is 35.5. The summed E-state index contributed by atoms with van der Waals surface area (Å²) in [5.41, 5.74) is 2.49. The summed E-state index contributed by atoms with van der Waals surface area (Å²) in [7, 11) is 0. The number of rotatable bonds is 5. The molecule has 1 aliphatic rings. The smallest absolute Gasteiger partial charge is 0.122 e. The lowest BCUT2D eigenvalue weighted by Gasteiger charge is -2.24. The third-order valence-corrected chi connectivity index (χ3v) is 4.46. The molecule has 0 fully saturated rings. The van der Waals surface area contributed by atoms with Crippen LogP contribution in [0.4, 0.5) is 0 Å². The van der Waals surface area contributed by atoms with Crippen molar-refractivity contribution in [3.05, 3.63) is 64.7 Å². The van der Waals surface area contributed by atoms with E-state index < -0.39 is 0 Å². The first-order valence-electron chi connectivity index (χ1n) is 7.48. The van der Waals surface area contributed by atoms with E-state index in [-0.39, 0.29) is 0 Å². The Morgan fingerprint density at radius 1 is 1.19 bits per heavy atom. The zero-order chi connectivity index (χ0) is 14.7. The Morgan fingerprint density at radius 3 is 2.76 bits per heavy atom. The van der Waals surface area contributed by atoms with Crippen molar-refractivity contribution in [3.63, 3.8) is 0 Å². The fourth-order valence-corrected chi connectivity index (χ4v) is 3.25. The highest BCUT2D eigenvalue weighted by Gasteiger charge is 2.31. The first-order valence-corrected chi connectivity index (χ1v) is 7.86. The maximum atomic E-state index is 6.32. The van der Waals surface area contributed by atoms with Gasteiger partial charge in [0.1, 0.15) is 5.75 Å². The van der Waals surface area contributed by atoms with Crippen molar-refractivity contribution in [2.75, 3.05) is 13.2 Å². The van der Waals surface area contributed by atoms with Crippen molar-refractivity contribution in [2.45, 2.75) is 25.3 Å². The molecule has 1 N–H and O–H groups in total. The Morgan fingerprint density at radius 2 is 1.95 bits per heavy atom. The summed E-state index contributed by atoms with van der Waals surface area (Å²) < 4.78 is 5.83. The fourth-order valence-electron chi connectivity index (χ4n) is 3.04. The number of ether oxygens (including phenoxy) is 1. The number of fused-ring (bicyclic) bond motifs is 1. The number of nitrogens with one attached hydrogen (secondary N) is 1. The molecule has 0 radical (unpaired) electrons. The summed E-state index contributed by atoms with van der Waals surface area (Å²) in [5.74, 6) is 1.39. The molecule has 0 aromatic heterocycles. The Bertz CT molecular complexity index is 614. The molecule has 3 heteroatoms. The van der Waals surface area contributed by atoms with Gasteiger partial charge < -0.3 is 10.1 Å². The van der Waals surface area contributed by atoms with Crippen LogP contribution in [0.5, 0.6) is 5.75 Å². The van der Waals surface area contributed by atoms with Gasteiger partial charge in [-0.05, 0) is 30.7 Å². The minimum atomic E-state index is 0.332. The molecule has 0 amide bonds. The van der Waals surface area contributed by atoms with Crippen LogP contribution in [0.25, 0.3) is 0 Å². The summed E-state index contributed by atoms with van der Waals surface area (Å²) in [4.78, 5) is 0. The van der Waals surface area contributed by atoms with Crippen LogP contribution in [-0.4, -0.2) is 19.2 Å². The molecular weight excluding hydrogens is 282 g/mol. The summed E-state index contributed by atoms with van der Waals surface area (Å²) >= 11 is 6.32. The standard InChI is InChI=1S/C18H20ClNO/c1-2-20-17(11-13-7-3-5-9-16(13)19)15-12-21-18-10-6-4-8-14(15)18/h3-10,15,17,20H,2,11-12H2,1H3. The second kappa shape index (κ2) is 6.50. The highest BCUT2D eigenvalue weighted by Crippen LogP contribution is 2.36. The van der Waals surface area contributed by atoms with Crippen molar-refractivity contribution in [3.8, 4) is 5.75 Å². The van der Waals surface area contributed by atoms with Gasteiger partial charge in [-0.3, -0.25) is 0 Å². The maximum absolute atomic E-state index is 6.32. The van der Waals surface area contributed by atoms with Crippen molar-refractivity contribution in [1.82, 2.24) is 5.32 Å². The fraction of sp³-hybridized carbons (Fsp3) is 0.333. The van der Waals surface area contributed by atoms with Crippen LogP contribution in [0.3, 0.4) is 0 Å². The molecule has 2 aromatic carbocycles. The van der Waals surface area contributed by atoms with E-state index in [0.29, 0.717) is 12.0 Å². The average Bonchev–Trinajstić information content (AvgIpc) is 2.93. The van der Waals surface area contributed by atoms with E-state index >= 15 is 0 Å². The molecule has 2 atom stereocenters. The molecule has 2 unspecified atom stereocenters. The van der Waals surface area contributed by atoms with Crippen molar-refractivity contribution >= 4 is 11.6 Å². The van der Waals surface area contributed by atoms with E-state index in [4.69, 9.17) is 16.3 Å². The molecule has 110 valence electrons. The molecule has 2 nitrogen and oxygen atoms in total. The van der Waals surface area contributed by atoms with Gasteiger partial charge in [0.2, 0.25) is 0 Å². The van der Waals surface area contributed by atoms with Crippen LogP contribution >= 0.6 is 11.6 Å². The zero-order valence-electron chi connectivity index (χ0n) is 12.2. The molecule has 0 saturated heterocycles. The predicted octanol–water partition coefficient (Wildman–Crippen LogP) is 4.04. The summed E-state index contributed by atoms with van der Waals surface area (Å²) in [5, 5.41) is 4.44. The average molecular weight is 302 g/mol. The van der Waals surface area contributed by atoms with Gasteiger partial charge in [-0.15, -0.1) is 0 Å². The first kappa shape index (κ1) is 14.4. The normalized spacial score (nSPS) is 18.1. The van der Waals surface area contributed by atoms with Gasteiger partial charge in [0, 0.05) is 22.5 Å². The molecule has 21 heavy (non-hydrogen) atoms. The van der Waals surface area contributed by atoms with Crippen molar-refractivity contribution < 1.29 is 4.74 Å². The predicted molar refractivity (Wildman–Crippen MR) is 87.3 cm³/mol. The number of hydrogen-bond donors (Lipinski definition) is 1. The number of benzene rings is 2. The van der Waals surface area contributed by atoms with Gasteiger partial charge >= 0.3 is 0 Å². The second-order valence-corrected chi connectivity index (χ2v) is 5.82. The largest absolute Gasteiger partial charge is 0.493 e.